The summed E-state index contributed by atoms with van der Waals surface area (Å²) in [5.41, 5.74) is 2.37. The summed E-state index contributed by atoms with van der Waals surface area (Å²) in [5.74, 6) is -2.11. The van der Waals surface area contributed by atoms with Gasteiger partial charge in [-0.25, -0.2) is 13.6 Å². The van der Waals surface area contributed by atoms with Gasteiger partial charge in [0.25, 0.3) is 17.7 Å². The normalized spacial score (nSPS) is 18.4. The van der Waals surface area contributed by atoms with Gasteiger partial charge in [-0.3, -0.25) is 43.4 Å². The summed E-state index contributed by atoms with van der Waals surface area (Å²) in [4.78, 5) is 79.6. The van der Waals surface area contributed by atoms with E-state index in [1.807, 2.05) is 23.1 Å². The van der Waals surface area contributed by atoms with E-state index in [1.54, 1.807) is 36.2 Å². The smallest absolute Gasteiger partial charge is 0.266 e. The Morgan fingerprint density at radius 3 is 2.48 bits per heavy atom. The van der Waals surface area contributed by atoms with Crippen LogP contribution in [-0.4, -0.2) is 124 Å². The highest BCUT2D eigenvalue weighted by atomic mass is 35.5. The fourth-order valence-electron chi connectivity index (χ4n) is 8.25. The quantitative estimate of drug-likeness (QED) is 0.112. The third-order valence-electron chi connectivity index (χ3n) is 11.6. The molecule has 20 heteroatoms. The Bertz CT molecular complexity index is 2430. The molecule has 0 aliphatic carbocycles. The molecule has 1 aromatic heterocycles. The first-order valence-corrected chi connectivity index (χ1v) is 21.4. The first-order chi connectivity index (χ1) is 30.0. The van der Waals surface area contributed by atoms with Gasteiger partial charge in [0.15, 0.2) is 12.4 Å². The molecule has 62 heavy (non-hydrogen) atoms. The molecule has 1 unspecified atom stereocenters. The number of imide groups is 2. The molecule has 17 nitrogen and oxygen atoms in total. The van der Waals surface area contributed by atoms with Gasteiger partial charge in [-0.05, 0) is 67.6 Å². The summed E-state index contributed by atoms with van der Waals surface area (Å²) in [6, 6.07) is 15.7. The number of amides is 5. The van der Waals surface area contributed by atoms with Gasteiger partial charge < -0.3 is 25.2 Å². The number of piperidine rings is 2. The molecule has 0 radical (unpaired) electrons. The highest BCUT2D eigenvalue weighted by Crippen LogP contribution is 2.35. The largest absolute Gasteiger partial charge is 0.483 e. The molecule has 5 heterocycles. The van der Waals surface area contributed by atoms with Gasteiger partial charge in [-0.1, -0.05) is 29.8 Å². The number of anilines is 6. The van der Waals surface area contributed by atoms with Crippen molar-refractivity contribution in [2.75, 3.05) is 79.3 Å². The average molecular weight is 887 g/mol. The van der Waals surface area contributed by atoms with E-state index in [0.29, 0.717) is 60.7 Å². The number of nitrogens with zero attached hydrogens (tertiary/aromatic N) is 7. The molecular formula is C42H44ClFN10O7S. The van der Waals surface area contributed by atoms with Crippen LogP contribution in [0, 0.1) is 11.7 Å². The van der Waals surface area contributed by atoms with E-state index in [2.05, 4.69) is 30.8 Å². The van der Waals surface area contributed by atoms with E-state index in [0.717, 1.165) is 37.4 Å². The van der Waals surface area contributed by atoms with Crippen LogP contribution in [0.5, 0.6) is 5.75 Å². The summed E-state index contributed by atoms with van der Waals surface area (Å²) in [6.07, 6.45) is 3.11. The van der Waals surface area contributed by atoms with E-state index in [9.17, 15) is 28.2 Å². The Kier molecular flexibility index (Phi) is 12.6. The molecule has 8 rings (SSSR count). The molecule has 324 valence electrons. The van der Waals surface area contributed by atoms with Gasteiger partial charge in [0, 0.05) is 65.0 Å². The van der Waals surface area contributed by atoms with Crippen molar-refractivity contribution in [2.45, 2.75) is 31.7 Å². The minimum atomic E-state index is -1.10. The minimum absolute atomic E-state index is 0.00319. The van der Waals surface area contributed by atoms with Crippen LogP contribution in [0.25, 0.3) is 0 Å². The first-order valence-electron chi connectivity index (χ1n) is 20.2. The van der Waals surface area contributed by atoms with E-state index < -0.39 is 29.7 Å². The van der Waals surface area contributed by atoms with Gasteiger partial charge in [0.2, 0.25) is 17.8 Å². The lowest BCUT2D eigenvalue weighted by atomic mass is 9.96. The number of para-hydroxylation sites is 2. The summed E-state index contributed by atoms with van der Waals surface area (Å²) in [5, 5.41) is 8.67. The van der Waals surface area contributed by atoms with Gasteiger partial charge in [-0.2, -0.15) is 4.98 Å². The van der Waals surface area contributed by atoms with Crippen molar-refractivity contribution in [1.29, 1.82) is 0 Å². The lowest BCUT2D eigenvalue weighted by Gasteiger charge is -2.39. The molecule has 4 aliphatic heterocycles. The Hall–Kier alpha value is -6.18. The maximum Gasteiger partial charge on any atom is 0.266 e. The van der Waals surface area contributed by atoms with E-state index >= 15 is 4.39 Å². The number of thiol groups is 1. The molecule has 3 N–H and O–H groups in total. The van der Waals surface area contributed by atoms with Gasteiger partial charge >= 0.3 is 0 Å². The summed E-state index contributed by atoms with van der Waals surface area (Å²) >= 11 is 6.21. The number of fused-ring (bicyclic) bond motifs is 1. The number of piperazine rings is 1. The molecule has 4 aliphatic rings. The van der Waals surface area contributed by atoms with Gasteiger partial charge in [-0.15, -0.1) is 0 Å². The number of ether oxygens (including phenoxy) is 1. The molecule has 0 spiro atoms. The van der Waals surface area contributed by atoms with E-state index in [1.165, 1.54) is 28.7 Å². The topological polar surface area (TPSA) is 190 Å². The number of aromatic nitrogens is 2. The fraction of sp³-hybridized carbons (Fsp3) is 0.357. The summed E-state index contributed by atoms with van der Waals surface area (Å²) < 4.78 is 34.4. The zero-order valence-electron chi connectivity index (χ0n) is 33.7. The molecule has 3 aromatic carbocycles. The maximum atomic E-state index is 15.6. The SMILES string of the molecule is CN([SH]=O)c1ccccc1Nc1nc(Nc2ccc(N3CCN(CC4CCN(C(=O)COc5cccc6c5C(=O)N(C5CCC(=O)NC5=O)C6=O)CC4)CC3)c(F)c2)ncc1Cl. The molecule has 4 aromatic rings. The lowest BCUT2D eigenvalue weighted by Crippen LogP contribution is -2.54. The Morgan fingerprint density at radius 2 is 1.74 bits per heavy atom. The number of hydrogen-bond acceptors (Lipinski definition) is 13. The molecule has 1 atom stereocenters. The molecule has 3 fully saturated rings. The van der Waals surface area contributed by atoms with Crippen molar-refractivity contribution in [2.24, 2.45) is 5.92 Å². The van der Waals surface area contributed by atoms with Crippen LogP contribution in [0.3, 0.4) is 0 Å². The van der Waals surface area contributed by atoms with Crippen molar-refractivity contribution in [3.8, 4) is 5.75 Å². The number of rotatable bonds is 13. The third-order valence-corrected chi connectivity index (χ3v) is 12.3. The molecule has 3 saturated heterocycles. The number of hydrogen-bond donors (Lipinski definition) is 4. The van der Waals surface area contributed by atoms with Crippen LogP contribution < -0.4 is 29.9 Å². The van der Waals surface area contributed by atoms with Crippen molar-refractivity contribution in [1.82, 2.24) is 30.0 Å². The summed E-state index contributed by atoms with van der Waals surface area (Å²) in [7, 11) is 1.68. The van der Waals surface area contributed by atoms with Crippen LogP contribution >= 0.6 is 11.6 Å². The second-order valence-corrected chi connectivity index (χ2v) is 16.6. The number of nitrogens with one attached hydrogen (secondary N) is 3. The minimum Gasteiger partial charge on any atom is -0.483 e. The van der Waals surface area contributed by atoms with Gasteiger partial charge in [0.1, 0.15) is 34.5 Å². The molecular weight excluding hydrogens is 843 g/mol. The zero-order valence-corrected chi connectivity index (χ0v) is 35.3. The zero-order chi connectivity index (χ0) is 43.5. The molecule has 0 saturated carbocycles. The van der Waals surface area contributed by atoms with Crippen LogP contribution in [0.2, 0.25) is 5.02 Å². The van der Waals surface area contributed by atoms with Crippen molar-refractivity contribution >= 4 is 87.5 Å². The second kappa shape index (κ2) is 18.4. The molecule has 5 amide bonds. The van der Waals surface area contributed by atoms with E-state index in [-0.39, 0.29) is 70.9 Å². The Labute approximate surface area is 365 Å². The van der Waals surface area contributed by atoms with Crippen LogP contribution in [0.15, 0.2) is 66.9 Å². The van der Waals surface area contributed by atoms with Crippen LogP contribution in [0.1, 0.15) is 46.4 Å². The van der Waals surface area contributed by atoms with Gasteiger partial charge in [0.05, 0.1) is 34.4 Å². The first kappa shape index (κ1) is 42.5. The maximum absolute atomic E-state index is 15.6. The van der Waals surface area contributed by atoms with Crippen LogP contribution in [0.4, 0.5) is 38.9 Å². The highest BCUT2D eigenvalue weighted by molar-refractivity contribution is 7.67. The molecule has 0 bridgehead atoms. The number of halogens is 2. The lowest BCUT2D eigenvalue weighted by molar-refractivity contribution is -0.136. The number of likely N-dealkylation sites (tertiary alicyclic amines) is 1. The summed E-state index contributed by atoms with van der Waals surface area (Å²) in [6.45, 7) is 4.49. The highest BCUT2D eigenvalue weighted by Gasteiger charge is 2.46. The predicted molar refractivity (Wildman–Crippen MR) is 231 cm³/mol. The second-order valence-electron chi connectivity index (χ2n) is 15.5. The number of benzene rings is 3. The van der Waals surface area contributed by atoms with Crippen molar-refractivity contribution in [3.63, 3.8) is 0 Å². The monoisotopic (exact) mass is 886 g/mol. The van der Waals surface area contributed by atoms with Crippen molar-refractivity contribution < 1.29 is 37.3 Å². The average Bonchev–Trinajstić information content (AvgIpc) is 3.53. The Morgan fingerprint density at radius 1 is 0.968 bits per heavy atom. The Balaban J connectivity index is 0.787. The number of carbonyl (C=O) groups is 5. The van der Waals surface area contributed by atoms with Crippen molar-refractivity contribution in [3.05, 3.63) is 88.8 Å². The van der Waals surface area contributed by atoms with Crippen LogP contribution in [-0.2, 0) is 26.2 Å². The third kappa shape index (κ3) is 9.05. The standard InChI is InChI=1S/C42H44ClFN10O7S/c1-50(62-60)32-7-3-2-6-30(32)47-38-28(43)22-45-42(49-38)46-26-9-10-31(29(44)21-26)52-19-17-51(18-20-52)23-25-13-15-53(16-14-25)36(56)24-61-34-8-4-5-27-37(34)41(59)54(40(27)58)33-11-12-35(55)48-39(33)57/h2-10,21-22,25,33,62H,11-20,23-24H2,1H3,(H,48,55,57)(H2,45,46,47,49). The fourth-order valence-corrected chi connectivity index (χ4v) is 8.66. The predicted octanol–water partition coefficient (Wildman–Crippen LogP) is 3.89. The number of carbonyl (C=O) groups excluding carboxylic acids is 5. The van der Waals surface area contributed by atoms with E-state index in [4.69, 9.17) is 16.3 Å².